The molecular formula is C16H13Cl2N3O2. The van der Waals surface area contributed by atoms with Gasteiger partial charge in [-0.15, -0.1) is 0 Å². The van der Waals surface area contributed by atoms with Gasteiger partial charge in [-0.25, -0.2) is 4.98 Å². The Morgan fingerprint density at radius 1 is 1.17 bits per heavy atom. The van der Waals surface area contributed by atoms with Crippen LogP contribution in [-0.4, -0.2) is 21.9 Å². The SMILES string of the molecule is O=C(COc1ccccc1Cl)NCc1cn2cc(Cl)ccc2n1. The Labute approximate surface area is 142 Å². The van der Waals surface area contributed by atoms with Crippen LogP contribution in [0.2, 0.25) is 10.0 Å². The Balaban J connectivity index is 1.54. The van der Waals surface area contributed by atoms with E-state index in [4.69, 9.17) is 27.9 Å². The van der Waals surface area contributed by atoms with E-state index in [1.54, 1.807) is 36.5 Å². The summed E-state index contributed by atoms with van der Waals surface area (Å²) in [6.07, 6.45) is 3.58. The number of halogens is 2. The second-order valence-corrected chi connectivity index (χ2v) is 5.68. The third kappa shape index (κ3) is 3.94. The zero-order chi connectivity index (χ0) is 16.2. The lowest BCUT2D eigenvalue weighted by atomic mass is 10.3. The number of carbonyl (C=O) groups is 1. The molecule has 0 saturated carbocycles. The number of pyridine rings is 1. The highest BCUT2D eigenvalue weighted by Gasteiger charge is 2.07. The van der Waals surface area contributed by atoms with E-state index in [2.05, 4.69) is 10.3 Å². The maximum Gasteiger partial charge on any atom is 0.258 e. The molecule has 0 aliphatic carbocycles. The summed E-state index contributed by atoms with van der Waals surface area (Å²) in [6, 6.07) is 10.6. The van der Waals surface area contributed by atoms with Gasteiger partial charge in [0.1, 0.15) is 11.4 Å². The fourth-order valence-corrected chi connectivity index (χ4v) is 2.41. The molecular weight excluding hydrogens is 337 g/mol. The first-order chi connectivity index (χ1) is 11.1. The summed E-state index contributed by atoms with van der Waals surface area (Å²) < 4.78 is 7.18. The van der Waals surface area contributed by atoms with Crippen LogP contribution in [0.3, 0.4) is 0 Å². The van der Waals surface area contributed by atoms with Crippen LogP contribution in [0.4, 0.5) is 0 Å². The summed E-state index contributed by atoms with van der Waals surface area (Å²) in [6.45, 7) is 0.201. The van der Waals surface area contributed by atoms with Gasteiger partial charge in [0.25, 0.3) is 5.91 Å². The van der Waals surface area contributed by atoms with Crippen LogP contribution in [0, 0.1) is 0 Å². The van der Waals surface area contributed by atoms with Crippen LogP contribution in [0.15, 0.2) is 48.8 Å². The van der Waals surface area contributed by atoms with Gasteiger partial charge >= 0.3 is 0 Å². The molecule has 1 N–H and O–H groups in total. The zero-order valence-corrected chi connectivity index (χ0v) is 13.5. The molecule has 0 unspecified atom stereocenters. The van der Waals surface area contributed by atoms with E-state index >= 15 is 0 Å². The molecule has 23 heavy (non-hydrogen) atoms. The van der Waals surface area contributed by atoms with Crippen LogP contribution in [0.1, 0.15) is 5.69 Å². The smallest absolute Gasteiger partial charge is 0.258 e. The summed E-state index contributed by atoms with van der Waals surface area (Å²) in [4.78, 5) is 16.2. The van der Waals surface area contributed by atoms with E-state index < -0.39 is 0 Å². The largest absolute Gasteiger partial charge is 0.482 e. The van der Waals surface area contributed by atoms with Crippen molar-refractivity contribution in [2.24, 2.45) is 0 Å². The Morgan fingerprint density at radius 2 is 2.00 bits per heavy atom. The number of ether oxygens (including phenoxy) is 1. The van der Waals surface area contributed by atoms with Gasteiger partial charge in [-0.3, -0.25) is 4.79 Å². The van der Waals surface area contributed by atoms with E-state index in [-0.39, 0.29) is 12.5 Å². The predicted octanol–water partition coefficient (Wildman–Crippen LogP) is 3.34. The molecule has 0 atom stereocenters. The van der Waals surface area contributed by atoms with Crippen LogP contribution >= 0.6 is 23.2 Å². The van der Waals surface area contributed by atoms with Crippen LogP contribution in [0.5, 0.6) is 5.75 Å². The normalized spacial score (nSPS) is 10.7. The molecule has 0 fully saturated rings. The molecule has 1 aromatic carbocycles. The fraction of sp³-hybridized carbons (Fsp3) is 0.125. The molecule has 5 nitrogen and oxygen atoms in total. The third-order valence-corrected chi connectivity index (χ3v) is 3.66. The fourth-order valence-electron chi connectivity index (χ4n) is 2.05. The first-order valence-corrected chi connectivity index (χ1v) is 7.64. The molecule has 2 heterocycles. The molecule has 0 radical (unpaired) electrons. The van der Waals surface area contributed by atoms with Gasteiger partial charge in [0, 0.05) is 12.4 Å². The van der Waals surface area contributed by atoms with Crippen molar-refractivity contribution >= 4 is 34.8 Å². The van der Waals surface area contributed by atoms with Crippen molar-refractivity contribution in [1.82, 2.24) is 14.7 Å². The lowest BCUT2D eigenvalue weighted by molar-refractivity contribution is -0.123. The lowest BCUT2D eigenvalue weighted by Crippen LogP contribution is -2.28. The Hall–Kier alpha value is -2.24. The molecule has 2 aromatic heterocycles. The number of nitrogens with zero attached hydrogens (tertiary/aromatic N) is 2. The number of fused-ring (bicyclic) bond motifs is 1. The Morgan fingerprint density at radius 3 is 2.83 bits per heavy atom. The summed E-state index contributed by atoms with van der Waals surface area (Å²) in [5.41, 5.74) is 1.50. The summed E-state index contributed by atoms with van der Waals surface area (Å²) in [5.74, 6) is 0.228. The second-order valence-electron chi connectivity index (χ2n) is 4.84. The van der Waals surface area contributed by atoms with E-state index in [1.165, 1.54) is 0 Å². The molecule has 0 aliphatic rings. The number of rotatable bonds is 5. The van der Waals surface area contributed by atoms with Crippen molar-refractivity contribution in [3.63, 3.8) is 0 Å². The molecule has 1 amide bonds. The number of nitrogens with one attached hydrogen (secondary N) is 1. The minimum absolute atomic E-state index is 0.108. The molecule has 0 aliphatic heterocycles. The Kier molecular flexibility index (Phi) is 4.69. The standard InChI is InChI=1S/C16H13Cl2N3O2/c17-11-5-6-15-20-12(9-21(15)8-11)7-19-16(22)10-23-14-4-2-1-3-13(14)18/h1-6,8-9H,7,10H2,(H,19,22). The van der Waals surface area contributed by atoms with Crippen LogP contribution < -0.4 is 10.1 Å². The van der Waals surface area contributed by atoms with Gasteiger partial charge in [0.2, 0.25) is 0 Å². The molecule has 0 spiro atoms. The number of carbonyl (C=O) groups excluding carboxylic acids is 1. The maximum atomic E-state index is 11.8. The highest BCUT2D eigenvalue weighted by Crippen LogP contribution is 2.22. The number of amides is 1. The van der Waals surface area contributed by atoms with Crippen molar-refractivity contribution in [2.75, 3.05) is 6.61 Å². The van der Waals surface area contributed by atoms with Crippen molar-refractivity contribution < 1.29 is 9.53 Å². The van der Waals surface area contributed by atoms with E-state index in [0.29, 0.717) is 22.3 Å². The van der Waals surface area contributed by atoms with Crippen molar-refractivity contribution in [3.05, 3.63) is 64.5 Å². The van der Waals surface area contributed by atoms with Crippen molar-refractivity contribution in [2.45, 2.75) is 6.54 Å². The molecule has 0 bridgehead atoms. The zero-order valence-electron chi connectivity index (χ0n) is 12.0. The summed E-state index contributed by atoms with van der Waals surface area (Å²) in [7, 11) is 0. The highest BCUT2D eigenvalue weighted by atomic mass is 35.5. The first kappa shape index (κ1) is 15.6. The molecule has 0 saturated heterocycles. The maximum absolute atomic E-state index is 11.8. The minimum Gasteiger partial charge on any atom is -0.482 e. The third-order valence-electron chi connectivity index (χ3n) is 3.13. The van der Waals surface area contributed by atoms with Gasteiger partial charge in [-0.2, -0.15) is 0 Å². The average Bonchev–Trinajstić information content (AvgIpc) is 2.94. The van der Waals surface area contributed by atoms with Gasteiger partial charge in [0.05, 0.1) is 22.3 Å². The Bertz CT molecular complexity index is 848. The predicted molar refractivity (Wildman–Crippen MR) is 89.0 cm³/mol. The summed E-state index contributed by atoms with van der Waals surface area (Å²) in [5, 5.41) is 3.84. The molecule has 7 heteroatoms. The van der Waals surface area contributed by atoms with E-state index in [9.17, 15) is 4.79 Å². The van der Waals surface area contributed by atoms with Crippen molar-refractivity contribution in [1.29, 1.82) is 0 Å². The number of hydrogen-bond donors (Lipinski definition) is 1. The quantitative estimate of drug-likeness (QED) is 0.768. The number of benzene rings is 1. The van der Waals surface area contributed by atoms with Crippen molar-refractivity contribution in [3.8, 4) is 5.75 Å². The topological polar surface area (TPSA) is 55.6 Å². The molecule has 3 rings (SSSR count). The first-order valence-electron chi connectivity index (χ1n) is 6.89. The van der Waals surface area contributed by atoms with Gasteiger partial charge in [-0.05, 0) is 24.3 Å². The monoisotopic (exact) mass is 349 g/mol. The highest BCUT2D eigenvalue weighted by molar-refractivity contribution is 6.32. The minimum atomic E-state index is -0.250. The molecule has 118 valence electrons. The van der Waals surface area contributed by atoms with Gasteiger partial charge in [0.15, 0.2) is 6.61 Å². The van der Waals surface area contributed by atoms with Gasteiger partial charge in [-0.1, -0.05) is 35.3 Å². The van der Waals surface area contributed by atoms with Gasteiger partial charge < -0.3 is 14.5 Å². The van der Waals surface area contributed by atoms with E-state index in [1.807, 2.05) is 16.7 Å². The number of aromatic nitrogens is 2. The van der Waals surface area contributed by atoms with Crippen LogP contribution in [-0.2, 0) is 11.3 Å². The number of hydrogen-bond acceptors (Lipinski definition) is 3. The number of para-hydroxylation sites is 1. The van der Waals surface area contributed by atoms with E-state index in [0.717, 1.165) is 11.3 Å². The second kappa shape index (κ2) is 6.89. The average molecular weight is 350 g/mol. The van der Waals surface area contributed by atoms with Crippen LogP contribution in [0.25, 0.3) is 5.65 Å². The number of imidazole rings is 1. The molecule has 3 aromatic rings. The summed E-state index contributed by atoms with van der Waals surface area (Å²) >= 11 is 11.9. The lowest BCUT2D eigenvalue weighted by Gasteiger charge is -2.07.